The van der Waals surface area contributed by atoms with Crippen LogP contribution in [0.5, 0.6) is 0 Å². The lowest BCUT2D eigenvalue weighted by Crippen LogP contribution is -2.52. The third-order valence-electron chi connectivity index (χ3n) is 5.81. The predicted molar refractivity (Wildman–Crippen MR) is 112 cm³/mol. The fraction of sp³-hybridized carbons (Fsp3) is 0.500. The SMILES string of the molecule is Cc1nc(N2CCC(C(C)N)(C(F)F)CC2)c(CO)nc1-c1cccc(Cl)c1Cl. The summed E-state index contributed by atoms with van der Waals surface area (Å²) < 4.78 is 27.4. The van der Waals surface area contributed by atoms with Crippen LogP contribution in [-0.4, -0.2) is 40.6 Å². The molecule has 1 atom stereocenters. The zero-order chi connectivity index (χ0) is 21.3. The highest BCUT2D eigenvalue weighted by molar-refractivity contribution is 6.43. The summed E-state index contributed by atoms with van der Waals surface area (Å²) >= 11 is 12.4. The van der Waals surface area contributed by atoms with Crippen LogP contribution >= 0.6 is 23.2 Å². The molecule has 0 radical (unpaired) electrons. The molecule has 0 spiro atoms. The second-order valence-electron chi connectivity index (χ2n) is 7.50. The Balaban J connectivity index is 1.94. The van der Waals surface area contributed by atoms with Crippen molar-refractivity contribution in [1.29, 1.82) is 0 Å². The van der Waals surface area contributed by atoms with E-state index in [1.807, 2.05) is 4.90 Å². The van der Waals surface area contributed by atoms with E-state index in [0.29, 0.717) is 51.6 Å². The van der Waals surface area contributed by atoms with Crippen molar-refractivity contribution in [2.45, 2.75) is 45.8 Å². The fourth-order valence-electron chi connectivity index (χ4n) is 3.85. The Bertz CT molecular complexity index is 877. The smallest absolute Gasteiger partial charge is 0.245 e. The van der Waals surface area contributed by atoms with Gasteiger partial charge in [-0.3, -0.25) is 0 Å². The van der Waals surface area contributed by atoms with E-state index in [-0.39, 0.29) is 19.4 Å². The normalized spacial score (nSPS) is 17.6. The molecule has 1 aromatic carbocycles. The quantitative estimate of drug-likeness (QED) is 0.712. The zero-order valence-electron chi connectivity index (χ0n) is 16.3. The van der Waals surface area contributed by atoms with Gasteiger partial charge in [0.05, 0.1) is 28.0 Å². The Hall–Kier alpha value is -1.54. The summed E-state index contributed by atoms with van der Waals surface area (Å²) in [5, 5.41) is 10.6. The Morgan fingerprint density at radius 3 is 2.45 bits per heavy atom. The van der Waals surface area contributed by atoms with Crippen LogP contribution in [0.25, 0.3) is 11.3 Å². The molecule has 1 aromatic heterocycles. The van der Waals surface area contributed by atoms with Gasteiger partial charge in [-0.25, -0.2) is 18.7 Å². The van der Waals surface area contributed by atoms with Crippen molar-refractivity contribution >= 4 is 29.0 Å². The molecule has 0 aliphatic carbocycles. The molecule has 3 N–H and O–H groups in total. The number of rotatable bonds is 5. The number of benzene rings is 1. The van der Waals surface area contributed by atoms with Crippen LogP contribution in [-0.2, 0) is 6.61 Å². The maximum atomic E-state index is 13.7. The Labute approximate surface area is 178 Å². The topological polar surface area (TPSA) is 75.3 Å². The van der Waals surface area contributed by atoms with Gasteiger partial charge in [0.2, 0.25) is 6.43 Å². The molecule has 5 nitrogen and oxygen atoms in total. The molecule has 9 heteroatoms. The molecule has 1 aliphatic rings. The lowest BCUT2D eigenvalue weighted by atomic mass is 9.73. The minimum atomic E-state index is -2.48. The minimum absolute atomic E-state index is 0.246. The third-order valence-corrected chi connectivity index (χ3v) is 6.63. The number of hydrogen-bond donors (Lipinski definition) is 2. The van der Waals surface area contributed by atoms with Gasteiger partial charge in [0.15, 0.2) is 5.82 Å². The van der Waals surface area contributed by atoms with Gasteiger partial charge in [-0.05, 0) is 32.8 Å². The number of alkyl halides is 2. The van der Waals surface area contributed by atoms with Gasteiger partial charge >= 0.3 is 0 Å². The van der Waals surface area contributed by atoms with Crippen molar-refractivity contribution in [3.05, 3.63) is 39.6 Å². The van der Waals surface area contributed by atoms with E-state index in [1.165, 1.54) is 0 Å². The Kier molecular flexibility index (Phi) is 6.63. The molecule has 1 unspecified atom stereocenters. The van der Waals surface area contributed by atoms with Gasteiger partial charge in [0.25, 0.3) is 0 Å². The van der Waals surface area contributed by atoms with Crippen molar-refractivity contribution < 1.29 is 13.9 Å². The van der Waals surface area contributed by atoms with E-state index in [4.69, 9.17) is 28.9 Å². The van der Waals surface area contributed by atoms with Crippen molar-refractivity contribution in [1.82, 2.24) is 9.97 Å². The van der Waals surface area contributed by atoms with Crippen LogP contribution in [0.3, 0.4) is 0 Å². The van der Waals surface area contributed by atoms with Crippen LogP contribution in [0, 0.1) is 12.3 Å². The molecule has 1 fully saturated rings. The first-order chi connectivity index (χ1) is 13.7. The molecule has 3 rings (SSSR count). The molecule has 1 saturated heterocycles. The highest BCUT2D eigenvalue weighted by atomic mass is 35.5. The first-order valence-electron chi connectivity index (χ1n) is 9.42. The number of aliphatic hydroxyl groups excluding tert-OH is 1. The highest BCUT2D eigenvalue weighted by Gasteiger charge is 2.46. The summed E-state index contributed by atoms with van der Waals surface area (Å²) in [6, 6.07) is 4.62. The maximum Gasteiger partial charge on any atom is 0.245 e. The maximum absolute atomic E-state index is 13.7. The Morgan fingerprint density at radius 1 is 1.24 bits per heavy atom. The van der Waals surface area contributed by atoms with Crippen molar-refractivity contribution in [2.24, 2.45) is 11.1 Å². The third kappa shape index (κ3) is 4.06. The van der Waals surface area contributed by atoms with Crippen molar-refractivity contribution in [2.75, 3.05) is 18.0 Å². The molecule has 0 saturated carbocycles. The summed E-state index contributed by atoms with van der Waals surface area (Å²) in [4.78, 5) is 11.1. The van der Waals surface area contributed by atoms with E-state index in [1.54, 1.807) is 32.0 Å². The molecule has 29 heavy (non-hydrogen) atoms. The summed E-state index contributed by atoms with van der Waals surface area (Å²) in [5.41, 5.74) is 6.81. The number of aliphatic hydroxyl groups is 1. The summed E-state index contributed by atoms with van der Waals surface area (Å²) in [7, 11) is 0. The number of hydrogen-bond acceptors (Lipinski definition) is 5. The van der Waals surface area contributed by atoms with Crippen LogP contribution in [0.1, 0.15) is 31.2 Å². The monoisotopic (exact) mass is 444 g/mol. The second-order valence-corrected chi connectivity index (χ2v) is 8.28. The number of nitrogens with zero attached hydrogens (tertiary/aromatic N) is 3. The minimum Gasteiger partial charge on any atom is -0.390 e. The molecule has 2 aromatic rings. The van der Waals surface area contributed by atoms with Gasteiger partial charge in [0, 0.05) is 30.1 Å². The van der Waals surface area contributed by atoms with Crippen molar-refractivity contribution in [3.63, 3.8) is 0 Å². The first-order valence-corrected chi connectivity index (χ1v) is 10.2. The van der Waals surface area contributed by atoms with Gasteiger partial charge in [-0.1, -0.05) is 35.3 Å². The predicted octanol–water partition coefficient (Wildman–Crippen LogP) is 4.45. The van der Waals surface area contributed by atoms with Gasteiger partial charge < -0.3 is 15.7 Å². The summed E-state index contributed by atoms with van der Waals surface area (Å²) in [6.07, 6.45) is -1.99. The van der Waals surface area contributed by atoms with E-state index >= 15 is 0 Å². The second kappa shape index (κ2) is 8.68. The number of piperidine rings is 1. The van der Waals surface area contributed by atoms with Crippen LogP contribution < -0.4 is 10.6 Å². The van der Waals surface area contributed by atoms with E-state index in [9.17, 15) is 13.9 Å². The fourth-order valence-corrected chi connectivity index (χ4v) is 4.24. The van der Waals surface area contributed by atoms with Gasteiger partial charge in [-0.2, -0.15) is 0 Å². The molecule has 2 heterocycles. The average Bonchev–Trinajstić information content (AvgIpc) is 2.70. The molecular formula is C20H24Cl2F2N4O. The van der Waals surface area contributed by atoms with E-state index < -0.39 is 17.9 Å². The first kappa shape index (κ1) is 22.2. The van der Waals surface area contributed by atoms with Gasteiger partial charge in [0.1, 0.15) is 5.69 Å². The zero-order valence-corrected chi connectivity index (χ0v) is 17.8. The van der Waals surface area contributed by atoms with Crippen LogP contribution in [0.2, 0.25) is 10.0 Å². The molecule has 0 bridgehead atoms. The van der Waals surface area contributed by atoms with E-state index in [0.717, 1.165) is 0 Å². The molecule has 1 aliphatic heterocycles. The summed E-state index contributed by atoms with van der Waals surface area (Å²) in [6.45, 7) is 3.82. The number of aromatic nitrogens is 2. The average molecular weight is 445 g/mol. The highest BCUT2D eigenvalue weighted by Crippen LogP contribution is 2.41. The largest absolute Gasteiger partial charge is 0.390 e. The van der Waals surface area contributed by atoms with E-state index in [2.05, 4.69) is 9.97 Å². The van der Waals surface area contributed by atoms with Gasteiger partial charge in [-0.15, -0.1) is 0 Å². The number of aryl methyl sites for hydroxylation is 1. The lowest BCUT2D eigenvalue weighted by Gasteiger charge is -2.44. The number of nitrogens with two attached hydrogens (primary N) is 1. The Morgan fingerprint density at radius 2 is 1.90 bits per heavy atom. The van der Waals surface area contributed by atoms with Crippen LogP contribution in [0.4, 0.5) is 14.6 Å². The molecule has 0 amide bonds. The number of halogens is 4. The summed E-state index contributed by atoms with van der Waals surface area (Å²) in [5.74, 6) is 0.499. The molecule has 158 valence electrons. The standard InChI is InChI=1S/C20H24Cl2F2N4O/c1-11-17(13-4-3-5-14(21)16(13)22)27-15(10-29)18(26-11)28-8-6-20(7-9-28,12(2)25)19(23)24/h3-5,12,19,29H,6-10,25H2,1-2H3. The lowest BCUT2D eigenvalue weighted by molar-refractivity contribution is -0.0365. The van der Waals surface area contributed by atoms with Crippen molar-refractivity contribution in [3.8, 4) is 11.3 Å². The molecular weight excluding hydrogens is 421 g/mol. The number of anilines is 1. The van der Waals surface area contributed by atoms with Crippen LogP contribution in [0.15, 0.2) is 18.2 Å².